The Bertz CT molecular complexity index is 491. The summed E-state index contributed by atoms with van der Waals surface area (Å²) in [6, 6.07) is 11.0. The molecule has 3 heteroatoms. The van der Waals surface area contributed by atoms with Gasteiger partial charge < -0.3 is 5.32 Å². The molecule has 0 radical (unpaired) electrons. The molecule has 0 saturated carbocycles. The minimum absolute atomic E-state index is 0.0781. The monoisotopic (exact) mass is 244 g/mol. The van der Waals surface area contributed by atoms with Crippen molar-refractivity contribution in [2.45, 2.75) is 19.4 Å². The summed E-state index contributed by atoms with van der Waals surface area (Å²) >= 11 is 0. The molecule has 2 nitrogen and oxygen atoms in total. The summed E-state index contributed by atoms with van der Waals surface area (Å²) in [5.74, 6) is -0.189. The van der Waals surface area contributed by atoms with Crippen LogP contribution in [0.2, 0.25) is 0 Å². The molecule has 0 aliphatic rings. The number of hydrogen-bond donors (Lipinski definition) is 1. The number of aromatic nitrogens is 1. The molecule has 0 amide bonds. The molecule has 0 aliphatic carbocycles. The minimum Gasteiger partial charge on any atom is -0.313 e. The SMILES string of the molecule is CNC(Cc1ccccn1)c1cc(C)cc(F)c1. The molecule has 0 aliphatic heterocycles. The Kier molecular flexibility index (Phi) is 4.05. The van der Waals surface area contributed by atoms with Gasteiger partial charge in [0.15, 0.2) is 0 Å². The van der Waals surface area contributed by atoms with Gasteiger partial charge in [-0.2, -0.15) is 0 Å². The first-order valence-corrected chi connectivity index (χ1v) is 6.03. The highest BCUT2D eigenvalue weighted by molar-refractivity contribution is 5.27. The van der Waals surface area contributed by atoms with Crippen LogP contribution < -0.4 is 5.32 Å². The third-order valence-corrected chi connectivity index (χ3v) is 2.95. The highest BCUT2D eigenvalue weighted by Crippen LogP contribution is 2.19. The number of nitrogens with one attached hydrogen (secondary N) is 1. The van der Waals surface area contributed by atoms with Gasteiger partial charge in [0.1, 0.15) is 5.82 Å². The predicted molar refractivity (Wildman–Crippen MR) is 70.9 cm³/mol. The largest absolute Gasteiger partial charge is 0.313 e. The Morgan fingerprint density at radius 1 is 1.28 bits per heavy atom. The number of benzene rings is 1. The normalized spacial score (nSPS) is 12.4. The highest BCUT2D eigenvalue weighted by atomic mass is 19.1. The molecule has 1 aromatic carbocycles. The van der Waals surface area contributed by atoms with Crippen molar-refractivity contribution in [1.82, 2.24) is 10.3 Å². The van der Waals surface area contributed by atoms with Gasteiger partial charge in [0, 0.05) is 24.4 Å². The fraction of sp³-hybridized carbons (Fsp3) is 0.267. The Morgan fingerprint density at radius 3 is 2.72 bits per heavy atom. The van der Waals surface area contributed by atoms with Crippen molar-refractivity contribution < 1.29 is 4.39 Å². The molecule has 1 aromatic heterocycles. The maximum atomic E-state index is 13.4. The minimum atomic E-state index is -0.189. The van der Waals surface area contributed by atoms with Crippen molar-refractivity contribution in [2.75, 3.05) is 7.05 Å². The van der Waals surface area contributed by atoms with Gasteiger partial charge >= 0.3 is 0 Å². The lowest BCUT2D eigenvalue weighted by atomic mass is 10.00. The molecule has 1 N–H and O–H groups in total. The third-order valence-electron chi connectivity index (χ3n) is 2.95. The Morgan fingerprint density at radius 2 is 2.11 bits per heavy atom. The van der Waals surface area contributed by atoms with Gasteiger partial charge in [-0.15, -0.1) is 0 Å². The Hall–Kier alpha value is -1.74. The predicted octanol–water partition coefficient (Wildman–Crippen LogP) is 3.03. The van der Waals surface area contributed by atoms with Crippen LogP contribution in [-0.4, -0.2) is 12.0 Å². The molecular weight excluding hydrogens is 227 g/mol. The number of hydrogen-bond acceptors (Lipinski definition) is 2. The van der Waals surface area contributed by atoms with E-state index in [0.717, 1.165) is 23.2 Å². The summed E-state index contributed by atoms with van der Waals surface area (Å²) in [7, 11) is 1.88. The molecule has 1 unspecified atom stereocenters. The zero-order valence-corrected chi connectivity index (χ0v) is 10.7. The van der Waals surface area contributed by atoms with Crippen LogP contribution in [-0.2, 0) is 6.42 Å². The number of likely N-dealkylation sites (N-methyl/N-ethyl adjacent to an activating group) is 1. The van der Waals surface area contributed by atoms with E-state index in [-0.39, 0.29) is 11.9 Å². The number of pyridine rings is 1. The van der Waals surface area contributed by atoms with Crippen LogP contribution in [0.4, 0.5) is 4.39 Å². The molecule has 18 heavy (non-hydrogen) atoms. The fourth-order valence-electron chi connectivity index (χ4n) is 2.08. The molecule has 1 atom stereocenters. The smallest absolute Gasteiger partial charge is 0.123 e. The van der Waals surface area contributed by atoms with E-state index in [1.807, 2.05) is 38.2 Å². The number of nitrogens with zero attached hydrogens (tertiary/aromatic N) is 1. The zero-order valence-electron chi connectivity index (χ0n) is 10.7. The average Bonchev–Trinajstić information content (AvgIpc) is 2.36. The van der Waals surface area contributed by atoms with E-state index in [4.69, 9.17) is 0 Å². The van der Waals surface area contributed by atoms with Crippen LogP contribution in [0.3, 0.4) is 0 Å². The summed E-state index contributed by atoms with van der Waals surface area (Å²) < 4.78 is 13.4. The van der Waals surface area contributed by atoms with Crippen LogP contribution in [0.1, 0.15) is 22.9 Å². The molecule has 0 spiro atoms. The second-order valence-electron chi connectivity index (χ2n) is 4.43. The van der Waals surface area contributed by atoms with Crippen molar-refractivity contribution >= 4 is 0 Å². The van der Waals surface area contributed by atoms with E-state index in [2.05, 4.69) is 10.3 Å². The van der Waals surface area contributed by atoms with Crippen LogP contribution in [0.15, 0.2) is 42.6 Å². The van der Waals surface area contributed by atoms with Crippen molar-refractivity contribution in [3.8, 4) is 0 Å². The topological polar surface area (TPSA) is 24.9 Å². The molecule has 0 bridgehead atoms. The van der Waals surface area contributed by atoms with Crippen molar-refractivity contribution in [3.63, 3.8) is 0 Å². The van der Waals surface area contributed by atoms with Gasteiger partial charge in [0.2, 0.25) is 0 Å². The first-order valence-electron chi connectivity index (χ1n) is 6.03. The maximum absolute atomic E-state index is 13.4. The lowest BCUT2D eigenvalue weighted by Crippen LogP contribution is -2.19. The van der Waals surface area contributed by atoms with E-state index in [9.17, 15) is 4.39 Å². The van der Waals surface area contributed by atoms with Crippen LogP contribution in [0.25, 0.3) is 0 Å². The van der Waals surface area contributed by atoms with Gasteiger partial charge in [-0.25, -0.2) is 4.39 Å². The molecule has 0 saturated heterocycles. The molecule has 0 fully saturated rings. The van der Waals surface area contributed by atoms with Crippen LogP contribution >= 0.6 is 0 Å². The highest BCUT2D eigenvalue weighted by Gasteiger charge is 2.12. The average molecular weight is 244 g/mol. The summed E-state index contributed by atoms with van der Waals surface area (Å²) in [4.78, 5) is 4.30. The third kappa shape index (κ3) is 3.14. The van der Waals surface area contributed by atoms with Crippen LogP contribution in [0.5, 0.6) is 0 Å². The summed E-state index contributed by atoms with van der Waals surface area (Å²) in [6.45, 7) is 1.90. The number of aryl methyl sites for hydroxylation is 1. The second kappa shape index (κ2) is 5.74. The lowest BCUT2D eigenvalue weighted by molar-refractivity contribution is 0.571. The first-order chi connectivity index (χ1) is 8.69. The van der Waals surface area contributed by atoms with Crippen molar-refractivity contribution in [1.29, 1.82) is 0 Å². The van der Waals surface area contributed by atoms with Crippen molar-refractivity contribution in [3.05, 3.63) is 65.2 Å². The van der Waals surface area contributed by atoms with Gasteiger partial charge in [0.05, 0.1) is 0 Å². The first kappa shape index (κ1) is 12.7. The van der Waals surface area contributed by atoms with Gasteiger partial charge in [-0.3, -0.25) is 4.98 Å². The van der Waals surface area contributed by atoms with E-state index in [1.165, 1.54) is 6.07 Å². The summed E-state index contributed by atoms with van der Waals surface area (Å²) in [5, 5.41) is 3.21. The molecule has 2 rings (SSSR count). The van der Waals surface area contributed by atoms with Crippen LogP contribution in [0, 0.1) is 12.7 Å². The Balaban J connectivity index is 2.23. The number of rotatable bonds is 4. The maximum Gasteiger partial charge on any atom is 0.123 e. The standard InChI is InChI=1S/C15H17FN2/c1-11-7-12(9-13(16)8-11)15(17-2)10-14-5-3-4-6-18-14/h3-9,15,17H,10H2,1-2H3. The van der Waals surface area contributed by atoms with E-state index >= 15 is 0 Å². The van der Waals surface area contributed by atoms with Gasteiger partial charge in [0.25, 0.3) is 0 Å². The zero-order chi connectivity index (χ0) is 13.0. The molecule has 1 heterocycles. The summed E-state index contributed by atoms with van der Waals surface area (Å²) in [6.07, 6.45) is 2.53. The molecular formula is C15H17FN2. The van der Waals surface area contributed by atoms with E-state index in [0.29, 0.717) is 0 Å². The number of halogens is 1. The summed E-state index contributed by atoms with van der Waals surface area (Å²) in [5.41, 5.74) is 2.89. The lowest BCUT2D eigenvalue weighted by Gasteiger charge is -2.17. The second-order valence-corrected chi connectivity index (χ2v) is 4.43. The van der Waals surface area contributed by atoms with Gasteiger partial charge in [-0.05, 0) is 49.4 Å². The molecule has 94 valence electrons. The van der Waals surface area contributed by atoms with E-state index < -0.39 is 0 Å². The fourth-order valence-corrected chi connectivity index (χ4v) is 2.08. The van der Waals surface area contributed by atoms with Crippen molar-refractivity contribution in [2.24, 2.45) is 0 Å². The van der Waals surface area contributed by atoms with Gasteiger partial charge in [-0.1, -0.05) is 12.1 Å². The molecule has 2 aromatic rings. The quantitative estimate of drug-likeness (QED) is 0.894. The Labute approximate surface area is 107 Å². The van der Waals surface area contributed by atoms with E-state index in [1.54, 1.807) is 12.3 Å².